The molecular weight excluding hydrogens is 432 g/mol. The van der Waals surface area contributed by atoms with Gasteiger partial charge in [0.2, 0.25) is 0 Å². The number of hydrogen-bond donors (Lipinski definition) is 2. The third kappa shape index (κ3) is 6.79. The number of aromatic amines is 1. The van der Waals surface area contributed by atoms with E-state index >= 15 is 0 Å². The molecular formula is C26H34N4O2S. The molecule has 0 spiro atoms. The molecule has 0 aliphatic heterocycles. The predicted molar refractivity (Wildman–Crippen MR) is 141 cm³/mol. The zero-order valence-corrected chi connectivity index (χ0v) is 20.8. The van der Waals surface area contributed by atoms with Crippen molar-refractivity contribution < 1.29 is 4.74 Å². The van der Waals surface area contributed by atoms with Crippen molar-refractivity contribution in [3.8, 4) is 5.75 Å². The molecule has 0 aliphatic rings. The minimum absolute atomic E-state index is 0.108. The zero-order valence-electron chi connectivity index (χ0n) is 20.0. The fourth-order valence-electron chi connectivity index (χ4n) is 3.88. The van der Waals surface area contributed by atoms with Crippen LogP contribution < -0.4 is 15.6 Å². The first kappa shape index (κ1) is 24.7. The van der Waals surface area contributed by atoms with Gasteiger partial charge in [0.1, 0.15) is 5.75 Å². The zero-order chi connectivity index (χ0) is 23.8. The molecule has 2 aromatic carbocycles. The normalized spacial score (nSPS) is 11.1. The third-order valence-electron chi connectivity index (χ3n) is 5.84. The van der Waals surface area contributed by atoms with E-state index in [2.05, 4.69) is 53.0 Å². The van der Waals surface area contributed by atoms with Crippen LogP contribution in [0.2, 0.25) is 0 Å². The Morgan fingerprint density at radius 1 is 1.09 bits per heavy atom. The summed E-state index contributed by atoms with van der Waals surface area (Å²) in [6.07, 6.45) is 0.958. The summed E-state index contributed by atoms with van der Waals surface area (Å²) < 4.78 is 5.28. The van der Waals surface area contributed by atoms with Gasteiger partial charge in [0, 0.05) is 23.9 Å². The van der Waals surface area contributed by atoms with Crippen LogP contribution in [0.1, 0.15) is 31.4 Å². The number of methoxy groups -OCH3 is 1. The summed E-state index contributed by atoms with van der Waals surface area (Å²) in [5.41, 5.74) is 3.45. The lowest BCUT2D eigenvalue weighted by atomic mass is 10.1. The second kappa shape index (κ2) is 11.8. The molecule has 0 saturated carbocycles. The average Bonchev–Trinajstić information content (AvgIpc) is 2.81. The molecule has 0 amide bonds. The third-order valence-corrected chi connectivity index (χ3v) is 6.20. The molecule has 0 unspecified atom stereocenters. The molecule has 1 heterocycles. The Hall–Kier alpha value is -2.90. The van der Waals surface area contributed by atoms with Crippen LogP contribution in [0.15, 0.2) is 53.3 Å². The van der Waals surface area contributed by atoms with Gasteiger partial charge in [-0.15, -0.1) is 0 Å². The monoisotopic (exact) mass is 466 g/mol. The van der Waals surface area contributed by atoms with Gasteiger partial charge in [-0.2, -0.15) is 0 Å². The van der Waals surface area contributed by atoms with Crippen LogP contribution >= 0.6 is 12.2 Å². The molecule has 1 aromatic heterocycles. The van der Waals surface area contributed by atoms with Crippen LogP contribution in [0.25, 0.3) is 10.9 Å². The van der Waals surface area contributed by atoms with E-state index in [4.69, 9.17) is 17.0 Å². The van der Waals surface area contributed by atoms with Crippen LogP contribution in [0.5, 0.6) is 5.75 Å². The number of rotatable bonds is 10. The van der Waals surface area contributed by atoms with Gasteiger partial charge >= 0.3 is 0 Å². The summed E-state index contributed by atoms with van der Waals surface area (Å²) >= 11 is 5.78. The minimum atomic E-state index is -0.108. The number of ether oxygens (including phenoxy) is 1. The minimum Gasteiger partial charge on any atom is -0.497 e. The number of aryl methyl sites for hydroxylation is 1. The summed E-state index contributed by atoms with van der Waals surface area (Å²) in [5.74, 6) is 0.715. The van der Waals surface area contributed by atoms with Crippen molar-refractivity contribution >= 4 is 33.9 Å². The molecule has 176 valence electrons. The Labute approximate surface area is 201 Å². The maximum absolute atomic E-state index is 12.9. The number of hydrogen-bond acceptors (Lipinski definition) is 4. The standard InChI is InChI=1S/C26H34N4O2S/c1-5-29(6-2)13-8-14-30(26(33)27-22-10-7-9-19(3)15-22)18-21-16-20-11-12-23(32-4)17-24(20)28-25(21)31/h7,9-12,15-17H,5-6,8,13-14,18H2,1-4H3,(H,27,33)(H,28,31). The lowest BCUT2D eigenvalue weighted by Gasteiger charge is -2.27. The fourth-order valence-corrected chi connectivity index (χ4v) is 4.15. The first-order chi connectivity index (χ1) is 15.9. The van der Waals surface area contributed by atoms with Gasteiger partial charge in [-0.3, -0.25) is 4.79 Å². The first-order valence-corrected chi connectivity index (χ1v) is 11.9. The van der Waals surface area contributed by atoms with E-state index in [0.29, 0.717) is 23.0 Å². The quantitative estimate of drug-likeness (QED) is 0.420. The Bertz CT molecular complexity index is 1140. The van der Waals surface area contributed by atoms with Gasteiger partial charge in [0.05, 0.1) is 19.2 Å². The second-order valence-corrected chi connectivity index (χ2v) is 8.57. The smallest absolute Gasteiger partial charge is 0.253 e. The number of pyridine rings is 1. The van der Waals surface area contributed by atoms with E-state index in [9.17, 15) is 4.79 Å². The first-order valence-electron chi connectivity index (χ1n) is 11.5. The molecule has 6 nitrogen and oxygen atoms in total. The van der Waals surface area contributed by atoms with Crippen molar-refractivity contribution in [1.82, 2.24) is 14.8 Å². The molecule has 0 fully saturated rings. The number of benzene rings is 2. The molecule has 0 bridgehead atoms. The van der Waals surface area contributed by atoms with Crippen molar-refractivity contribution in [1.29, 1.82) is 0 Å². The van der Waals surface area contributed by atoms with Gasteiger partial charge in [-0.05, 0) is 86.5 Å². The number of H-pyrrole nitrogens is 1. The molecule has 0 saturated heterocycles. The van der Waals surface area contributed by atoms with Crippen LogP contribution in [-0.2, 0) is 6.54 Å². The Balaban J connectivity index is 1.82. The van der Waals surface area contributed by atoms with Gasteiger partial charge in [-0.25, -0.2) is 0 Å². The Kier molecular flexibility index (Phi) is 8.86. The van der Waals surface area contributed by atoms with E-state index in [-0.39, 0.29) is 5.56 Å². The summed E-state index contributed by atoms with van der Waals surface area (Å²) in [7, 11) is 1.62. The SMILES string of the molecule is CCN(CC)CCCN(Cc1cc2ccc(OC)cc2[nH]c1=O)C(=S)Nc1cccc(C)c1. The molecule has 3 aromatic rings. The summed E-state index contributed by atoms with van der Waals surface area (Å²) in [4.78, 5) is 20.3. The number of fused-ring (bicyclic) bond motifs is 1. The fraction of sp³-hybridized carbons (Fsp3) is 0.385. The summed E-state index contributed by atoms with van der Waals surface area (Å²) in [6.45, 7) is 10.6. The highest BCUT2D eigenvalue weighted by Crippen LogP contribution is 2.19. The van der Waals surface area contributed by atoms with Crippen LogP contribution in [0, 0.1) is 6.92 Å². The topological polar surface area (TPSA) is 60.6 Å². The van der Waals surface area contributed by atoms with Crippen LogP contribution in [0.4, 0.5) is 5.69 Å². The lowest BCUT2D eigenvalue weighted by molar-refractivity contribution is 0.281. The molecule has 2 N–H and O–H groups in total. The van der Waals surface area contributed by atoms with Gasteiger partial charge in [-0.1, -0.05) is 26.0 Å². The van der Waals surface area contributed by atoms with Crippen molar-refractivity contribution in [2.75, 3.05) is 38.6 Å². The molecule has 0 atom stereocenters. The van der Waals surface area contributed by atoms with E-state index < -0.39 is 0 Å². The van der Waals surface area contributed by atoms with Crippen molar-refractivity contribution in [2.24, 2.45) is 0 Å². The highest BCUT2D eigenvalue weighted by Gasteiger charge is 2.14. The van der Waals surface area contributed by atoms with E-state index in [1.807, 2.05) is 36.4 Å². The maximum atomic E-state index is 12.9. The summed E-state index contributed by atoms with van der Waals surface area (Å²) in [6, 6.07) is 15.8. The number of anilines is 1. The molecule has 0 radical (unpaired) electrons. The highest BCUT2D eigenvalue weighted by molar-refractivity contribution is 7.80. The number of aromatic nitrogens is 1. The average molecular weight is 467 g/mol. The lowest BCUT2D eigenvalue weighted by Crippen LogP contribution is -2.38. The maximum Gasteiger partial charge on any atom is 0.253 e. The van der Waals surface area contributed by atoms with Crippen molar-refractivity contribution in [3.63, 3.8) is 0 Å². The molecule has 0 aliphatic carbocycles. The van der Waals surface area contributed by atoms with E-state index in [1.54, 1.807) is 7.11 Å². The number of thiocarbonyl (C=S) groups is 1. The molecule has 7 heteroatoms. The largest absolute Gasteiger partial charge is 0.497 e. The van der Waals surface area contributed by atoms with Gasteiger partial charge in [0.15, 0.2) is 5.11 Å². The Morgan fingerprint density at radius 3 is 2.58 bits per heavy atom. The van der Waals surface area contributed by atoms with Crippen molar-refractivity contribution in [2.45, 2.75) is 33.7 Å². The van der Waals surface area contributed by atoms with Crippen molar-refractivity contribution in [3.05, 3.63) is 70.0 Å². The van der Waals surface area contributed by atoms with Gasteiger partial charge < -0.3 is 24.8 Å². The summed E-state index contributed by atoms with van der Waals surface area (Å²) in [5, 5.41) is 4.94. The Morgan fingerprint density at radius 2 is 1.88 bits per heavy atom. The highest BCUT2D eigenvalue weighted by atomic mass is 32.1. The van der Waals surface area contributed by atoms with Gasteiger partial charge in [0.25, 0.3) is 5.56 Å². The second-order valence-electron chi connectivity index (χ2n) is 8.18. The predicted octanol–water partition coefficient (Wildman–Crippen LogP) is 4.78. The van der Waals surface area contributed by atoms with E-state index in [1.165, 1.54) is 0 Å². The molecule has 3 rings (SSSR count). The van der Waals surface area contributed by atoms with Crippen LogP contribution in [-0.4, -0.2) is 53.2 Å². The van der Waals surface area contributed by atoms with E-state index in [0.717, 1.165) is 54.8 Å². The molecule has 33 heavy (non-hydrogen) atoms. The number of nitrogens with zero attached hydrogens (tertiary/aromatic N) is 2. The van der Waals surface area contributed by atoms with Crippen LogP contribution in [0.3, 0.4) is 0 Å². The number of nitrogens with one attached hydrogen (secondary N) is 2.